The molecule has 1 aromatic heterocycles. The number of benzene rings is 2. The highest BCUT2D eigenvalue weighted by Crippen LogP contribution is 2.30. The SMILES string of the molecule is COc1ccc(CCc2oc3ccc(Br)cc3c2CC(=O)O)cc1. The van der Waals surface area contributed by atoms with Crippen LogP contribution >= 0.6 is 15.9 Å². The Bertz CT molecular complexity index is 865. The van der Waals surface area contributed by atoms with Gasteiger partial charge in [-0.05, 0) is 42.3 Å². The van der Waals surface area contributed by atoms with Gasteiger partial charge in [0.25, 0.3) is 0 Å². The molecule has 24 heavy (non-hydrogen) atoms. The number of aryl methyl sites for hydroxylation is 2. The summed E-state index contributed by atoms with van der Waals surface area (Å²) in [5.41, 5.74) is 2.63. The molecule has 0 saturated heterocycles. The number of rotatable bonds is 6. The molecule has 0 atom stereocenters. The van der Waals surface area contributed by atoms with E-state index in [1.165, 1.54) is 0 Å². The summed E-state index contributed by atoms with van der Waals surface area (Å²) in [5, 5.41) is 10.1. The fourth-order valence-corrected chi connectivity index (χ4v) is 3.13. The third kappa shape index (κ3) is 3.62. The van der Waals surface area contributed by atoms with Gasteiger partial charge in [-0.3, -0.25) is 4.79 Å². The standard InChI is InChI=1S/C19H17BrO4/c1-23-14-6-2-12(3-7-14)4-8-17-16(11-19(21)22)15-10-13(20)5-9-18(15)24-17/h2-3,5-7,9-10H,4,8,11H2,1H3,(H,21,22). The van der Waals surface area contributed by atoms with E-state index in [4.69, 9.17) is 9.15 Å². The zero-order chi connectivity index (χ0) is 17.1. The maximum atomic E-state index is 11.2. The Morgan fingerprint density at radius 3 is 2.58 bits per heavy atom. The molecule has 1 N–H and O–H groups in total. The van der Waals surface area contributed by atoms with Crippen LogP contribution in [0.25, 0.3) is 11.0 Å². The zero-order valence-corrected chi connectivity index (χ0v) is 14.8. The summed E-state index contributed by atoms with van der Waals surface area (Å²) in [6.07, 6.45) is 1.39. The molecule has 2 aromatic carbocycles. The third-order valence-electron chi connectivity index (χ3n) is 3.96. The summed E-state index contributed by atoms with van der Waals surface area (Å²) in [4.78, 5) is 11.2. The zero-order valence-electron chi connectivity index (χ0n) is 13.2. The van der Waals surface area contributed by atoms with Crippen molar-refractivity contribution in [3.63, 3.8) is 0 Å². The molecule has 0 fully saturated rings. The van der Waals surface area contributed by atoms with Gasteiger partial charge in [0, 0.05) is 21.8 Å². The van der Waals surface area contributed by atoms with Crippen LogP contribution < -0.4 is 4.74 Å². The van der Waals surface area contributed by atoms with Gasteiger partial charge in [0.1, 0.15) is 17.1 Å². The number of hydrogen-bond donors (Lipinski definition) is 1. The number of halogens is 1. The Kier molecular flexibility index (Phi) is 4.90. The lowest BCUT2D eigenvalue weighted by Crippen LogP contribution is -2.03. The molecular weight excluding hydrogens is 372 g/mol. The first kappa shape index (κ1) is 16.6. The fraction of sp³-hybridized carbons (Fsp3) is 0.211. The minimum absolute atomic E-state index is 0.0403. The second-order valence-electron chi connectivity index (χ2n) is 5.56. The number of aliphatic carboxylic acids is 1. The minimum atomic E-state index is -0.858. The maximum Gasteiger partial charge on any atom is 0.307 e. The summed E-state index contributed by atoms with van der Waals surface area (Å²) in [5.74, 6) is 0.698. The Labute approximate surface area is 148 Å². The second kappa shape index (κ2) is 7.09. The van der Waals surface area contributed by atoms with Crippen molar-refractivity contribution in [1.29, 1.82) is 0 Å². The second-order valence-corrected chi connectivity index (χ2v) is 6.48. The molecule has 0 aliphatic carbocycles. The molecule has 0 saturated carbocycles. The Hall–Kier alpha value is -2.27. The largest absolute Gasteiger partial charge is 0.497 e. The highest BCUT2D eigenvalue weighted by molar-refractivity contribution is 9.10. The van der Waals surface area contributed by atoms with Crippen LogP contribution in [0.2, 0.25) is 0 Å². The highest BCUT2D eigenvalue weighted by Gasteiger charge is 2.17. The number of carbonyl (C=O) groups is 1. The molecule has 0 aliphatic rings. The van der Waals surface area contributed by atoms with Crippen LogP contribution in [0.15, 0.2) is 51.4 Å². The average molecular weight is 389 g/mol. The molecule has 0 bridgehead atoms. The summed E-state index contributed by atoms with van der Waals surface area (Å²) < 4.78 is 12.0. The number of fused-ring (bicyclic) bond motifs is 1. The van der Waals surface area contributed by atoms with Crippen LogP contribution in [0.5, 0.6) is 5.75 Å². The quantitative estimate of drug-likeness (QED) is 0.669. The molecule has 4 nitrogen and oxygen atoms in total. The number of carboxylic acids is 1. The molecule has 5 heteroatoms. The predicted octanol–water partition coefficient (Wildman–Crippen LogP) is 4.62. The molecule has 0 amide bonds. The van der Waals surface area contributed by atoms with E-state index in [2.05, 4.69) is 15.9 Å². The van der Waals surface area contributed by atoms with Gasteiger partial charge in [-0.15, -0.1) is 0 Å². The molecule has 124 valence electrons. The van der Waals surface area contributed by atoms with Crippen molar-refractivity contribution in [2.45, 2.75) is 19.3 Å². The monoisotopic (exact) mass is 388 g/mol. The van der Waals surface area contributed by atoms with Crippen LogP contribution in [-0.4, -0.2) is 18.2 Å². The van der Waals surface area contributed by atoms with Gasteiger partial charge in [0.15, 0.2) is 0 Å². The first-order valence-corrected chi connectivity index (χ1v) is 8.40. The van der Waals surface area contributed by atoms with E-state index in [9.17, 15) is 9.90 Å². The lowest BCUT2D eigenvalue weighted by atomic mass is 10.0. The van der Waals surface area contributed by atoms with Crippen molar-refractivity contribution in [3.05, 3.63) is 63.8 Å². The lowest BCUT2D eigenvalue weighted by molar-refractivity contribution is -0.136. The van der Waals surface area contributed by atoms with Gasteiger partial charge >= 0.3 is 5.97 Å². The van der Waals surface area contributed by atoms with Crippen LogP contribution in [0.4, 0.5) is 0 Å². The minimum Gasteiger partial charge on any atom is -0.497 e. The van der Waals surface area contributed by atoms with Crippen molar-refractivity contribution in [1.82, 2.24) is 0 Å². The molecule has 3 aromatic rings. The molecule has 0 aliphatic heterocycles. The fourth-order valence-electron chi connectivity index (χ4n) is 2.77. The Morgan fingerprint density at radius 2 is 1.92 bits per heavy atom. The van der Waals surface area contributed by atoms with Gasteiger partial charge in [0.2, 0.25) is 0 Å². The third-order valence-corrected chi connectivity index (χ3v) is 4.46. The van der Waals surface area contributed by atoms with Crippen molar-refractivity contribution in [2.24, 2.45) is 0 Å². The van der Waals surface area contributed by atoms with E-state index < -0.39 is 5.97 Å². The van der Waals surface area contributed by atoms with Crippen LogP contribution in [-0.2, 0) is 24.1 Å². The van der Waals surface area contributed by atoms with Crippen molar-refractivity contribution in [3.8, 4) is 5.75 Å². The molecular formula is C19H17BrO4. The first-order valence-electron chi connectivity index (χ1n) is 7.61. The van der Waals surface area contributed by atoms with Gasteiger partial charge in [-0.25, -0.2) is 0 Å². The summed E-state index contributed by atoms with van der Waals surface area (Å²) in [7, 11) is 1.64. The van der Waals surface area contributed by atoms with Crippen molar-refractivity contribution < 1.29 is 19.1 Å². The molecule has 0 unspecified atom stereocenters. The van der Waals surface area contributed by atoms with E-state index in [1.54, 1.807) is 7.11 Å². The van der Waals surface area contributed by atoms with Crippen LogP contribution in [0.1, 0.15) is 16.9 Å². The molecule has 0 spiro atoms. The van der Waals surface area contributed by atoms with Gasteiger partial charge < -0.3 is 14.3 Å². The average Bonchev–Trinajstić information content (AvgIpc) is 2.90. The lowest BCUT2D eigenvalue weighted by Gasteiger charge is -2.04. The van der Waals surface area contributed by atoms with E-state index in [1.807, 2.05) is 42.5 Å². The predicted molar refractivity (Wildman–Crippen MR) is 95.7 cm³/mol. The Balaban J connectivity index is 1.88. The van der Waals surface area contributed by atoms with E-state index in [-0.39, 0.29) is 6.42 Å². The summed E-state index contributed by atoms with van der Waals surface area (Å²) >= 11 is 3.43. The number of hydrogen-bond acceptors (Lipinski definition) is 3. The van der Waals surface area contributed by atoms with Crippen LogP contribution in [0, 0.1) is 0 Å². The molecule has 1 heterocycles. The van der Waals surface area contributed by atoms with Gasteiger partial charge in [-0.2, -0.15) is 0 Å². The normalized spacial score (nSPS) is 10.9. The maximum absolute atomic E-state index is 11.2. The number of carboxylic acid groups (broad SMARTS) is 1. The number of methoxy groups -OCH3 is 1. The topological polar surface area (TPSA) is 59.7 Å². The van der Waals surface area contributed by atoms with Crippen LogP contribution in [0.3, 0.4) is 0 Å². The van der Waals surface area contributed by atoms with Crippen molar-refractivity contribution in [2.75, 3.05) is 7.11 Å². The Morgan fingerprint density at radius 1 is 1.17 bits per heavy atom. The first-order chi connectivity index (χ1) is 11.6. The highest BCUT2D eigenvalue weighted by atomic mass is 79.9. The van der Waals surface area contributed by atoms with E-state index >= 15 is 0 Å². The van der Waals surface area contributed by atoms with Gasteiger partial charge in [0.05, 0.1) is 13.5 Å². The molecule has 0 radical (unpaired) electrons. The number of ether oxygens (including phenoxy) is 1. The number of furan rings is 1. The summed E-state index contributed by atoms with van der Waals surface area (Å²) in [6.45, 7) is 0. The van der Waals surface area contributed by atoms with E-state index in [0.29, 0.717) is 6.42 Å². The van der Waals surface area contributed by atoms with Gasteiger partial charge in [-0.1, -0.05) is 28.1 Å². The van der Waals surface area contributed by atoms with Crippen molar-refractivity contribution >= 4 is 32.9 Å². The summed E-state index contributed by atoms with van der Waals surface area (Å²) in [6, 6.07) is 13.5. The smallest absolute Gasteiger partial charge is 0.307 e. The van der Waals surface area contributed by atoms with E-state index in [0.717, 1.165) is 44.5 Å². The molecule has 3 rings (SSSR count).